The quantitative estimate of drug-likeness (QED) is 0.0550. The van der Waals surface area contributed by atoms with Gasteiger partial charge in [0, 0.05) is 6.54 Å². The van der Waals surface area contributed by atoms with Crippen LogP contribution in [-0.4, -0.2) is 101 Å². The Balaban J connectivity index is 4.04. The van der Waals surface area contributed by atoms with Crippen LogP contribution in [0, 0.1) is 0 Å². The van der Waals surface area contributed by atoms with Gasteiger partial charge < -0.3 is 39.1 Å². The van der Waals surface area contributed by atoms with Crippen LogP contribution in [0.5, 0.6) is 0 Å². The summed E-state index contributed by atoms with van der Waals surface area (Å²) in [6.45, 7) is 0.0705. The first-order valence-electron chi connectivity index (χ1n) is 11.9. The molecular weight excluding hydrogens is 629 g/mol. The number of hydrogen-bond donors (Lipinski definition) is 9. The van der Waals surface area contributed by atoms with Crippen molar-refractivity contribution in [3.63, 3.8) is 0 Å². The van der Waals surface area contributed by atoms with Crippen molar-refractivity contribution in [1.82, 2.24) is 14.7 Å². The molecule has 0 aliphatic rings. The highest BCUT2D eigenvalue weighted by atomic mass is 31.2. The lowest BCUT2D eigenvalue weighted by Crippen LogP contribution is -2.29. The van der Waals surface area contributed by atoms with Crippen LogP contribution in [0.4, 0.5) is 0 Å². The van der Waals surface area contributed by atoms with Crippen molar-refractivity contribution in [2.24, 2.45) is 0 Å². The molecule has 0 aromatic rings. The van der Waals surface area contributed by atoms with Gasteiger partial charge in [0.2, 0.25) is 5.52 Å². The third kappa shape index (κ3) is 18.7. The standard InChI is InChI=1S/C16H42N3O15P5/c1-18(12-8-4-6-10-14-34-39(31,32)19(2)15-35(20,21)22)38(29,30)33-13-9-5-3-7-11-17-16(36(23,24)25)37(26,27)28/h16-17H,3-15H2,1-2H3,(H,29,30)(H,31,32)(H2,20,21,22)(H2,23,24,25)(H2,26,27,28). The molecule has 236 valence electrons. The first-order chi connectivity index (χ1) is 17.6. The van der Waals surface area contributed by atoms with Crippen LogP contribution in [0.2, 0.25) is 0 Å². The van der Waals surface area contributed by atoms with Gasteiger partial charge >= 0.3 is 38.3 Å². The Kier molecular flexibility index (Phi) is 18.0. The molecule has 18 nitrogen and oxygen atoms in total. The zero-order valence-electron chi connectivity index (χ0n) is 21.8. The maximum Gasteiger partial charge on any atom is 0.405 e. The molecule has 0 aliphatic carbocycles. The highest BCUT2D eigenvalue weighted by Crippen LogP contribution is 2.58. The van der Waals surface area contributed by atoms with E-state index in [0.717, 1.165) is 7.05 Å². The largest absolute Gasteiger partial charge is 0.405 e. The Morgan fingerprint density at radius 3 is 1.46 bits per heavy atom. The number of nitrogens with one attached hydrogen (secondary N) is 1. The molecule has 2 unspecified atom stereocenters. The van der Waals surface area contributed by atoms with Gasteiger partial charge in [0.05, 0.1) is 13.2 Å². The zero-order chi connectivity index (χ0) is 30.5. The van der Waals surface area contributed by atoms with Gasteiger partial charge in [-0.05, 0) is 46.3 Å². The molecule has 0 rings (SSSR count). The molecule has 0 saturated heterocycles. The number of unbranched alkanes of at least 4 members (excludes halogenated alkanes) is 6. The Morgan fingerprint density at radius 2 is 1.03 bits per heavy atom. The van der Waals surface area contributed by atoms with Crippen LogP contribution in [0.15, 0.2) is 0 Å². The molecule has 0 aromatic carbocycles. The van der Waals surface area contributed by atoms with Crippen LogP contribution in [0.1, 0.15) is 51.4 Å². The molecular formula is C16H42N3O15P5. The van der Waals surface area contributed by atoms with E-state index in [1.807, 2.05) is 0 Å². The third-order valence-electron chi connectivity index (χ3n) is 5.18. The van der Waals surface area contributed by atoms with E-state index < -0.39 is 50.1 Å². The van der Waals surface area contributed by atoms with Gasteiger partial charge in [0.25, 0.3) is 0 Å². The third-order valence-corrected chi connectivity index (χ3v) is 12.7. The van der Waals surface area contributed by atoms with Crippen molar-refractivity contribution >= 4 is 38.3 Å². The predicted octanol–water partition coefficient (Wildman–Crippen LogP) is 1.57. The fourth-order valence-electron chi connectivity index (χ4n) is 3.08. The maximum absolute atomic E-state index is 12.3. The second kappa shape index (κ2) is 17.7. The molecule has 0 fully saturated rings. The van der Waals surface area contributed by atoms with Crippen molar-refractivity contribution < 1.29 is 71.0 Å². The summed E-state index contributed by atoms with van der Waals surface area (Å²) in [4.78, 5) is 73.6. The average molecular weight is 671 g/mol. The molecule has 0 radical (unpaired) electrons. The minimum absolute atomic E-state index is 0.0197. The van der Waals surface area contributed by atoms with Gasteiger partial charge in [-0.2, -0.15) is 4.67 Å². The number of hydrogen-bond acceptors (Lipinski definition) is 8. The molecule has 0 spiro atoms. The predicted molar refractivity (Wildman–Crippen MR) is 142 cm³/mol. The van der Waals surface area contributed by atoms with Gasteiger partial charge in [-0.25, -0.2) is 13.8 Å². The molecule has 0 aliphatic heterocycles. The Hall–Kier alpha value is 0.630. The highest BCUT2D eigenvalue weighted by molar-refractivity contribution is 7.70. The highest BCUT2D eigenvalue weighted by Gasteiger charge is 2.42. The van der Waals surface area contributed by atoms with Gasteiger partial charge in [0.15, 0.2) is 0 Å². The fraction of sp³-hybridized carbons (Fsp3) is 1.00. The van der Waals surface area contributed by atoms with E-state index in [9.17, 15) is 32.6 Å². The van der Waals surface area contributed by atoms with Crippen molar-refractivity contribution in [3.8, 4) is 0 Å². The molecule has 0 saturated carbocycles. The van der Waals surface area contributed by atoms with Crippen LogP contribution in [0.25, 0.3) is 0 Å². The molecule has 0 amide bonds. The molecule has 39 heavy (non-hydrogen) atoms. The average Bonchev–Trinajstić information content (AvgIpc) is 2.74. The summed E-state index contributed by atoms with van der Waals surface area (Å²) in [5.74, 6) is 0. The Bertz CT molecular complexity index is 931. The number of rotatable bonds is 23. The summed E-state index contributed by atoms with van der Waals surface area (Å²) < 4.78 is 69.2. The van der Waals surface area contributed by atoms with Crippen molar-refractivity contribution in [2.75, 3.05) is 46.7 Å². The lowest BCUT2D eigenvalue weighted by Gasteiger charge is -2.23. The van der Waals surface area contributed by atoms with Crippen LogP contribution < -0.4 is 5.32 Å². The minimum atomic E-state index is -5.03. The SMILES string of the molecule is CN(CCCCCCOP(=O)(O)N(C)CP(=O)(O)O)P(=O)(O)OCCCCCCNC(P(=O)(O)O)P(=O)(O)O. The number of nitrogens with zero attached hydrogens (tertiary/aromatic N) is 2. The molecule has 2 atom stereocenters. The van der Waals surface area contributed by atoms with E-state index >= 15 is 0 Å². The topological polar surface area (TPSA) is 284 Å². The first kappa shape index (κ1) is 39.6. The monoisotopic (exact) mass is 671 g/mol. The van der Waals surface area contributed by atoms with E-state index in [1.165, 1.54) is 11.7 Å². The van der Waals surface area contributed by atoms with Crippen LogP contribution in [-0.2, 0) is 31.9 Å². The summed E-state index contributed by atoms with van der Waals surface area (Å²) in [5, 5.41) is 2.18. The summed E-state index contributed by atoms with van der Waals surface area (Å²) in [5.41, 5.74) is -2.26. The lowest BCUT2D eigenvalue weighted by atomic mass is 10.2. The molecule has 23 heteroatoms. The summed E-state index contributed by atoms with van der Waals surface area (Å²) in [6.07, 6.45) is 3.01. The molecule has 9 N–H and O–H groups in total. The molecule has 0 heterocycles. The van der Waals surface area contributed by atoms with E-state index in [4.69, 9.17) is 38.4 Å². The van der Waals surface area contributed by atoms with Crippen molar-refractivity contribution in [3.05, 3.63) is 0 Å². The summed E-state index contributed by atoms with van der Waals surface area (Å²) in [7, 11) is -20.4. The zero-order valence-corrected chi connectivity index (χ0v) is 26.3. The van der Waals surface area contributed by atoms with E-state index in [0.29, 0.717) is 56.0 Å². The van der Waals surface area contributed by atoms with Crippen LogP contribution >= 0.6 is 38.3 Å². The molecule has 0 bridgehead atoms. The Labute approximate surface area is 227 Å². The van der Waals surface area contributed by atoms with Crippen molar-refractivity contribution in [1.29, 1.82) is 0 Å². The van der Waals surface area contributed by atoms with E-state index in [1.54, 1.807) is 0 Å². The second-order valence-electron chi connectivity index (χ2n) is 8.83. The lowest BCUT2D eigenvalue weighted by molar-refractivity contribution is 0.203. The fourth-order valence-corrected chi connectivity index (χ4v) is 8.57. The van der Waals surface area contributed by atoms with Gasteiger partial charge in [-0.15, -0.1) is 0 Å². The maximum atomic E-state index is 12.3. The van der Waals surface area contributed by atoms with Gasteiger partial charge in [-0.3, -0.25) is 28.1 Å². The second-order valence-corrected chi connectivity index (χ2v) is 18.1. The minimum Gasteiger partial charge on any atom is -0.324 e. The van der Waals surface area contributed by atoms with Gasteiger partial charge in [-0.1, -0.05) is 25.7 Å². The smallest absolute Gasteiger partial charge is 0.324 e. The molecule has 0 aromatic heterocycles. The first-order valence-corrected chi connectivity index (χ1v) is 20.1. The summed E-state index contributed by atoms with van der Waals surface area (Å²) in [6, 6.07) is 0. The van der Waals surface area contributed by atoms with E-state index in [-0.39, 0.29) is 26.3 Å². The van der Waals surface area contributed by atoms with Crippen LogP contribution in [0.3, 0.4) is 0 Å². The Morgan fingerprint density at radius 1 is 0.615 bits per heavy atom. The van der Waals surface area contributed by atoms with E-state index in [2.05, 4.69) is 5.32 Å². The summed E-state index contributed by atoms with van der Waals surface area (Å²) >= 11 is 0. The normalized spacial score (nSPS) is 16.6. The van der Waals surface area contributed by atoms with Crippen molar-refractivity contribution in [2.45, 2.75) is 56.9 Å². The van der Waals surface area contributed by atoms with Gasteiger partial charge in [0.1, 0.15) is 6.29 Å².